The number of alkyl halides is 1. The Balaban J connectivity index is 0.780. The van der Waals surface area contributed by atoms with Crippen molar-refractivity contribution in [3.05, 3.63) is 100 Å². The zero-order valence-corrected chi connectivity index (χ0v) is 39.7. The fraction of sp³-hybridized carbons (Fsp3) is 0.420. The second-order valence-corrected chi connectivity index (χ2v) is 20.7. The summed E-state index contributed by atoms with van der Waals surface area (Å²) in [7, 11) is -0.651. The van der Waals surface area contributed by atoms with Crippen LogP contribution in [0.15, 0.2) is 60.9 Å². The van der Waals surface area contributed by atoms with E-state index in [1.807, 2.05) is 32.3 Å². The molecule has 0 spiro atoms. The summed E-state index contributed by atoms with van der Waals surface area (Å²) in [5.41, 5.74) is 5.70. The molecule has 3 aromatic carbocycles. The van der Waals surface area contributed by atoms with E-state index in [-0.39, 0.29) is 36.8 Å². The van der Waals surface area contributed by atoms with Gasteiger partial charge < -0.3 is 30.3 Å². The Morgan fingerprint density at radius 1 is 0.857 bits per heavy atom. The van der Waals surface area contributed by atoms with E-state index in [1.54, 1.807) is 17.2 Å². The number of likely N-dealkylation sites (tertiary alicyclic amines) is 1. The second kappa shape index (κ2) is 19.0. The molecule has 5 N–H and O–H groups in total. The Morgan fingerprint density at radius 3 is 2.29 bits per heavy atom. The number of rotatable bonds is 13. The first kappa shape index (κ1) is 47.2. The van der Waals surface area contributed by atoms with Gasteiger partial charge in [-0.05, 0) is 117 Å². The average molecular weight is 981 g/mol. The number of ketones is 1. The molecule has 5 aromatic rings. The maximum atomic E-state index is 15.9. The molecular formula is C50H55F3N10O6S. The molecule has 2 atom stereocenters. The lowest BCUT2D eigenvalue weighted by Gasteiger charge is -2.39. The predicted octanol–water partition coefficient (Wildman–Crippen LogP) is 6.38. The average Bonchev–Trinajstić information content (AvgIpc) is 4.09. The first-order chi connectivity index (χ1) is 33.7. The minimum Gasteiger partial charge on any atom is -0.386 e. The number of pyridine rings is 1. The third kappa shape index (κ3) is 8.96. The van der Waals surface area contributed by atoms with Crippen LogP contribution in [0.1, 0.15) is 88.3 Å². The molecule has 0 saturated carbocycles. The molecule has 0 bridgehead atoms. The molecule has 16 nitrogen and oxygen atoms in total. The van der Waals surface area contributed by atoms with E-state index in [1.165, 1.54) is 11.8 Å². The SMILES string of the molecule is CNc1cc(-c2cnc3[nH]cc(C(=O)c4c(F)ccc(NS(=O)(=O)N5CC[C@@H](F)C5)c4F)c3c2)cc(NC)c1N1CCC(CN2CCC(c3ccc4c(c3)CN(C3CCC(=O)NC3=O)C4=O)CC2)CC1. The fourth-order valence-corrected chi connectivity index (χ4v) is 12.2. The number of aromatic amines is 1. The molecule has 0 radical (unpaired) electrons. The lowest BCUT2D eigenvalue weighted by molar-refractivity contribution is -0.136. The van der Waals surface area contributed by atoms with Crippen molar-refractivity contribution in [1.29, 1.82) is 0 Å². The highest BCUT2D eigenvalue weighted by molar-refractivity contribution is 7.90. The third-order valence-electron chi connectivity index (χ3n) is 14.8. The van der Waals surface area contributed by atoms with Crippen LogP contribution in [0, 0.1) is 17.6 Å². The summed E-state index contributed by atoms with van der Waals surface area (Å²) in [6, 6.07) is 12.9. The zero-order chi connectivity index (χ0) is 49.0. The molecule has 7 heterocycles. The van der Waals surface area contributed by atoms with Gasteiger partial charge in [-0.1, -0.05) is 12.1 Å². The number of imide groups is 1. The van der Waals surface area contributed by atoms with Gasteiger partial charge in [-0.3, -0.25) is 29.2 Å². The second-order valence-electron chi connectivity index (χ2n) is 19.0. The minimum absolute atomic E-state index is 0.00273. The number of fused-ring (bicyclic) bond motifs is 2. The number of carbonyl (C=O) groups excluding carboxylic acids is 4. The number of nitrogens with zero attached hydrogens (tertiary/aromatic N) is 5. The molecule has 0 aliphatic carbocycles. The lowest BCUT2D eigenvalue weighted by Crippen LogP contribution is -2.52. The van der Waals surface area contributed by atoms with Gasteiger partial charge in [0.1, 0.15) is 23.7 Å². The molecule has 1 unspecified atom stereocenters. The smallest absolute Gasteiger partial charge is 0.301 e. The van der Waals surface area contributed by atoms with E-state index in [2.05, 4.69) is 52.6 Å². The van der Waals surface area contributed by atoms with E-state index in [0.717, 1.165) is 103 Å². The Bertz CT molecular complexity index is 3000. The summed E-state index contributed by atoms with van der Waals surface area (Å²) in [5, 5.41) is 9.43. The number of amides is 3. The normalized spacial score (nSPS) is 20.8. The van der Waals surface area contributed by atoms with Crippen molar-refractivity contribution in [1.82, 2.24) is 29.4 Å². The van der Waals surface area contributed by atoms with Crippen molar-refractivity contribution in [2.24, 2.45) is 5.92 Å². The molecule has 3 amide bonds. The monoisotopic (exact) mass is 980 g/mol. The first-order valence-electron chi connectivity index (χ1n) is 23.9. The molecule has 5 aliphatic heterocycles. The molecule has 368 valence electrons. The third-order valence-corrected chi connectivity index (χ3v) is 16.3. The number of halogens is 3. The molecule has 5 aliphatic rings. The van der Waals surface area contributed by atoms with Crippen LogP contribution in [0.2, 0.25) is 0 Å². The maximum Gasteiger partial charge on any atom is 0.301 e. The topological polar surface area (TPSA) is 192 Å². The number of benzene rings is 3. The molecule has 4 saturated heterocycles. The Kier molecular flexibility index (Phi) is 12.8. The van der Waals surface area contributed by atoms with Crippen molar-refractivity contribution in [3.63, 3.8) is 0 Å². The highest BCUT2D eigenvalue weighted by atomic mass is 32.2. The van der Waals surface area contributed by atoms with E-state index in [0.29, 0.717) is 47.0 Å². The number of aromatic nitrogens is 2. The molecule has 70 heavy (non-hydrogen) atoms. The van der Waals surface area contributed by atoms with Gasteiger partial charge in [-0.25, -0.2) is 18.2 Å². The van der Waals surface area contributed by atoms with Gasteiger partial charge >= 0.3 is 10.2 Å². The number of hydrogen-bond donors (Lipinski definition) is 5. The number of nitrogens with one attached hydrogen (secondary N) is 5. The van der Waals surface area contributed by atoms with Crippen molar-refractivity contribution in [2.45, 2.75) is 69.6 Å². The maximum absolute atomic E-state index is 15.9. The lowest BCUT2D eigenvalue weighted by atomic mass is 9.87. The van der Waals surface area contributed by atoms with Gasteiger partial charge in [0.2, 0.25) is 17.6 Å². The number of piperidine rings is 3. The fourth-order valence-electron chi connectivity index (χ4n) is 11.0. The van der Waals surface area contributed by atoms with Crippen LogP contribution in [0.4, 0.5) is 35.9 Å². The van der Waals surface area contributed by atoms with Gasteiger partial charge in [0.05, 0.1) is 28.3 Å². The van der Waals surface area contributed by atoms with Gasteiger partial charge in [0.15, 0.2) is 5.82 Å². The van der Waals surface area contributed by atoms with Gasteiger partial charge in [-0.15, -0.1) is 0 Å². The summed E-state index contributed by atoms with van der Waals surface area (Å²) in [6.45, 7) is 4.62. The Morgan fingerprint density at radius 2 is 1.60 bits per heavy atom. The number of hydrogen-bond acceptors (Lipinski definition) is 11. The quantitative estimate of drug-likeness (QED) is 0.0650. The van der Waals surface area contributed by atoms with Crippen LogP contribution < -0.4 is 25.6 Å². The highest BCUT2D eigenvalue weighted by Crippen LogP contribution is 2.42. The Labute approximate surface area is 403 Å². The van der Waals surface area contributed by atoms with Crippen LogP contribution in [-0.4, -0.2) is 128 Å². The van der Waals surface area contributed by atoms with E-state index in [4.69, 9.17) is 0 Å². The van der Waals surface area contributed by atoms with Crippen molar-refractivity contribution in [2.75, 3.05) is 80.2 Å². The van der Waals surface area contributed by atoms with Crippen LogP contribution in [-0.2, 0) is 26.3 Å². The number of H-pyrrole nitrogens is 1. The van der Waals surface area contributed by atoms with Crippen LogP contribution in [0.3, 0.4) is 0 Å². The summed E-state index contributed by atoms with van der Waals surface area (Å²) in [5.74, 6) is -3.51. The summed E-state index contributed by atoms with van der Waals surface area (Å²) in [6.07, 6.45) is 6.28. The first-order valence-corrected chi connectivity index (χ1v) is 25.3. The molecular weight excluding hydrogens is 926 g/mol. The summed E-state index contributed by atoms with van der Waals surface area (Å²) in [4.78, 5) is 65.4. The molecule has 4 fully saturated rings. The van der Waals surface area contributed by atoms with Gasteiger partial charge in [-0.2, -0.15) is 12.7 Å². The largest absolute Gasteiger partial charge is 0.386 e. The predicted molar refractivity (Wildman–Crippen MR) is 260 cm³/mol. The van der Waals surface area contributed by atoms with Crippen molar-refractivity contribution < 1.29 is 40.8 Å². The zero-order valence-electron chi connectivity index (χ0n) is 38.9. The highest BCUT2D eigenvalue weighted by Gasteiger charge is 2.40. The molecule has 2 aromatic heterocycles. The van der Waals surface area contributed by atoms with Crippen molar-refractivity contribution in [3.8, 4) is 11.1 Å². The van der Waals surface area contributed by atoms with Crippen molar-refractivity contribution >= 4 is 67.5 Å². The van der Waals surface area contributed by atoms with Gasteiger partial charge in [0, 0.05) is 94.3 Å². The van der Waals surface area contributed by atoms with Crippen LogP contribution in [0.25, 0.3) is 22.2 Å². The van der Waals surface area contributed by atoms with E-state index < -0.39 is 63.5 Å². The van der Waals surface area contributed by atoms with Crippen LogP contribution in [0.5, 0.6) is 0 Å². The van der Waals surface area contributed by atoms with E-state index in [9.17, 15) is 32.0 Å². The van der Waals surface area contributed by atoms with Gasteiger partial charge in [0.25, 0.3) is 5.91 Å². The summed E-state index contributed by atoms with van der Waals surface area (Å²) >= 11 is 0. The number of carbonyl (C=O) groups is 4. The van der Waals surface area contributed by atoms with Crippen LogP contribution >= 0.6 is 0 Å². The minimum atomic E-state index is -4.38. The number of anilines is 4. The molecule has 10 rings (SSSR count). The standard InChI is InChI=1S/C50H55F3N10O6S/c1-54-40-21-31(32-20-36-37(24-57-48(36)56-23-32)47(65)44-38(52)5-6-39(45(44)53)59-70(68,69)62-18-13-34(51)27-62)22-41(55-2)46(40)61-16-9-28(10-17-61)25-60-14-11-29(12-15-60)30-3-4-35-33(19-30)26-63(50(35)67)42-7-8-43(64)58-49(42)66/h3-6,19-24,28-29,34,42,54-55,59H,7-18,25-27H2,1-2H3,(H,56,57)(H,58,64,66)/t34-,42?/m1/s1. The Hall–Kier alpha value is -6.51. The summed E-state index contributed by atoms with van der Waals surface area (Å²) < 4.78 is 73.7. The molecule has 20 heteroatoms. The van der Waals surface area contributed by atoms with E-state index >= 15 is 8.78 Å².